The minimum Gasteiger partial charge on any atom is -0.290 e. The monoisotopic (exact) mass is 168 g/mol. The summed E-state index contributed by atoms with van der Waals surface area (Å²) in [5, 5.41) is 10.8. The molecular formula is C7H12N4O. The molecule has 0 fully saturated rings. The van der Waals surface area contributed by atoms with Gasteiger partial charge in [0.15, 0.2) is 0 Å². The molecule has 0 amide bonds. The van der Waals surface area contributed by atoms with Gasteiger partial charge in [-0.15, -0.1) is 5.10 Å². The number of ketones is 1. The topological polar surface area (TPSA) is 60.7 Å². The molecule has 0 aromatic carbocycles. The van der Waals surface area contributed by atoms with Crippen LogP contribution in [-0.2, 0) is 6.54 Å². The minimum absolute atomic E-state index is 0.0122. The Kier molecular flexibility index (Phi) is 2.52. The average molecular weight is 168 g/mol. The lowest BCUT2D eigenvalue weighted by Crippen LogP contribution is -2.15. The molecule has 1 rings (SSSR count). The Morgan fingerprint density at radius 2 is 2.25 bits per heavy atom. The van der Waals surface area contributed by atoms with Crippen LogP contribution >= 0.6 is 0 Å². The highest BCUT2D eigenvalue weighted by Crippen LogP contribution is 2.03. The van der Waals surface area contributed by atoms with Gasteiger partial charge >= 0.3 is 0 Å². The van der Waals surface area contributed by atoms with Crippen LogP contribution in [0.15, 0.2) is 0 Å². The lowest BCUT2D eigenvalue weighted by Gasteiger charge is -2.01. The first-order chi connectivity index (χ1) is 5.66. The molecule has 0 unspecified atom stereocenters. The van der Waals surface area contributed by atoms with Crippen molar-refractivity contribution >= 4 is 5.78 Å². The second kappa shape index (κ2) is 3.42. The van der Waals surface area contributed by atoms with Gasteiger partial charge in [-0.05, 0) is 17.4 Å². The summed E-state index contributed by atoms with van der Waals surface area (Å²) in [7, 11) is 0. The van der Waals surface area contributed by atoms with Crippen LogP contribution in [-0.4, -0.2) is 26.0 Å². The Labute approximate surface area is 70.8 Å². The third-order valence-corrected chi connectivity index (χ3v) is 1.58. The van der Waals surface area contributed by atoms with Gasteiger partial charge in [0.2, 0.25) is 11.6 Å². The fourth-order valence-electron chi connectivity index (χ4n) is 0.852. The predicted molar refractivity (Wildman–Crippen MR) is 42.7 cm³/mol. The fourth-order valence-corrected chi connectivity index (χ4v) is 0.852. The van der Waals surface area contributed by atoms with Crippen molar-refractivity contribution in [3.8, 4) is 0 Å². The van der Waals surface area contributed by atoms with Gasteiger partial charge in [0.25, 0.3) is 0 Å². The van der Waals surface area contributed by atoms with Crippen molar-refractivity contribution in [1.82, 2.24) is 20.2 Å². The van der Waals surface area contributed by atoms with Gasteiger partial charge in [-0.3, -0.25) is 4.79 Å². The highest BCUT2D eigenvalue weighted by Gasteiger charge is 2.17. The molecule has 0 bridgehead atoms. The molecule has 1 aromatic heterocycles. The number of hydrogen-bond donors (Lipinski definition) is 0. The maximum Gasteiger partial charge on any atom is 0.218 e. The molecule has 0 aliphatic rings. The Morgan fingerprint density at radius 1 is 1.58 bits per heavy atom. The zero-order chi connectivity index (χ0) is 9.14. The summed E-state index contributed by atoms with van der Waals surface area (Å²) in [6.45, 7) is 6.18. The van der Waals surface area contributed by atoms with Crippen molar-refractivity contribution in [2.45, 2.75) is 27.3 Å². The lowest BCUT2D eigenvalue weighted by atomic mass is 10.1. The molecule has 0 aliphatic carbocycles. The summed E-state index contributed by atoms with van der Waals surface area (Å²) in [4.78, 5) is 11.4. The average Bonchev–Trinajstić information content (AvgIpc) is 2.49. The molecule has 1 heterocycles. The SMILES string of the molecule is CCn1nnnc1C(=O)C(C)C. The van der Waals surface area contributed by atoms with Gasteiger partial charge in [0, 0.05) is 12.5 Å². The van der Waals surface area contributed by atoms with Gasteiger partial charge in [0.05, 0.1) is 0 Å². The number of carbonyl (C=O) groups is 1. The Hall–Kier alpha value is -1.26. The summed E-state index contributed by atoms with van der Waals surface area (Å²) in [6, 6.07) is 0. The van der Waals surface area contributed by atoms with Crippen molar-refractivity contribution in [3.05, 3.63) is 5.82 Å². The van der Waals surface area contributed by atoms with Crippen LogP contribution in [0.4, 0.5) is 0 Å². The number of aryl methyl sites for hydroxylation is 1. The molecule has 0 aliphatic heterocycles. The minimum atomic E-state index is -0.0544. The van der Waals surface area contributed by atoms with Crippen molar-refractivity contribution < 1.29 is 4.79 Å². The van der Waals surface area contributed by atoms with Gasteiger partial charge in [-0.1, -0.05) is 13.8 Å². The molecule has 12 heavy (non-hydrogen) atoms. The van der Waals surface area contributed by atoms with E-state index in [1.807, 2.05) is 20.8 Å². The smallest absolute Gasteiger partial charge is 0.218 e. The highest BCUT2D eigenvalue weighted by molar-refractivity contribution is 5.93. The van der Waals surface area contributed by atoms with E-state index in [1.165, 1.54) is 4.68 Å². The number of aromatic nitrogens is 4. The Balaban J connectivity index is 2.94. The molecule has 0 saturated heterocycles. The van der Waals surface area contributed by atoms with E-state index in [9.17, 15) is 4.79 Å². The first kappa shape index (κ1) is 8.83. The maximum absolute atomic E-state index is 11.4. The van der Waals surface area contributed by atoms with E-state index >= 15 is 0 Å². The summed E-state index contributed by atoms with van der Waals surface area (Å²) >= 11 is 0. The van der Waals surface area contributed by atoms with Gasteiger partial charge in [-0.25, -0.2) is 4.68 Å². The maximum atomic E-state index is 11.4. The second-order valence-electron chi connectivity index (χ2n) is 2.84. The van der Waals surface area contributed by atoms with Crippen LogP contribution in [0.5, 0.6) is 0 Å². The number of carbonyl (C=O) groups excluding carboxylic acids is 1. The molecule has 5 nitrogen and oxygen atoms in total. The van der Waals surface area contributed by atoms with Gasteiger partial charge in [-0.2, -0.15) is 0 Å². The first-order valence-electron chi connectivity index (χ1n) is 3.97. The van der Waals surface area contributed by atoms with Crippen molar-refractivity contribution in [2.24, 2.45) is 5.92 Å². The largest absolute Gasteiger partial charge is 0.290 e. The van der Waals surface area contributed by atoms with Crippen LogP contribution in [0.3, 0.4) is 0 Å². The summed E-state index contributed by atoms with van der Waals surface area (Å²) in [5.41, 5.74) is 0. The molecule has 0 atom stereocenters. The molecular weight excluding hydrogens is 156 g/mol. The number of tetrazole rings is 1. The molecule has 0 saturated carbocycles. The van der Waals surface area contributed by atoms with E-state index in [0.29, 0.717) is 12.4 Å². The highest BCUT2D eigenvalue weighted by atomic mass is 16.1. The summed E-state index contributed by atoms with van der Waals surface area (Å²) in [5.74, 6) is 0.288. The third-order valence-electron chi connectivity index (χ3n) is 1.58. The summed E-state index contributed by atoms with van der Waals surface area (Å²) in [6.07, 6.45) is 0. The molecule has 0 radical (unpaired) electrons. The van der Waals surface area contributed by atoms with E-state index in [0.717, 1.165) is 0 Å². The van der Waals surface area contributed by atoms with E-state index in [4.69, 9.17) is 0 Å². The van der Waals surface area contributed by atoms with Crippen LogP contribution in [0.1, 0.15) is 31.4 Å². The number of hydrogen-bond acceptors (Lipinski definition) is 4. The number of nitrogens with zero attached hydrogens (tertiary/aromatic N) is 4. The van der Waals surface area contributed by atoms with Crippen LogP contribution in [0.25, 0.3) is 0 Å². The normalized spacial score (nSPS) is 10.7. The first-order valence-corrected chi connectivity index (χ1v) is 3.97. The van der Waals surface area contributed by atoms with E-state index in [-0.39, 0.29) is 11.7 Å². The van der Waals surface area contributed by atoms with Gasteiger partial charge < -0.3 is 0 Å². The molecule has 5 heteroatoms. The lowest BCUT2D eigenvalue weighted by molar-refractivity contribution is 0.0923. The standard InChI is InChI=1S/C7H12N4O/c1-4-11-7(8-9-10-11)6(12)5(2)3/h5H,4H2,1-3H3. The van der Waals surface area contributed by atoms with E-state index in [2.05, 4.69) is 15.5 Å². The van der Waals surface area contributed by atoms with Gasteiger partial charge in [0.1, 0.15) is 0 Å². The summed E-state index contributed by atoms with van der Waals surface area (Å²) < 4.78 is 1.50. The zero-order valence-corrected chi connectivity index (χ0v) is 7.48. The van der Waals surface area contributed by atoms with Crippen molar-refractivity contribution in [2.75, 3.05) is 0 Å². The predicted octanol–water partition coefficient (Wildman–Crippen LogP) is 0.532. The van der Waals surface area contributed by atoms with Crippen LogP contribution in [0.2, 0.25) is 0 Å². The molecule has 66 valence electrons. The third kappa shape index (κ3) is 1.49. The van der Waals surface area contributed by atoms with Crippen LogP contribution in [0, 0.1) is 5.92 Å². The van der Waals surface area contributed by atoms with Crippen molar-refractivity contribution in [3.63, 3.8) is 0 Å². The molecule has 1 aromatic rings. The Bertz CT molecular complexity index is 279. The number of Topliss-reactive ketones (excluding diaryl/α,β-unsaturated/α-hetero) is 1. The fraction of sp³-hybridized carbons (Fsp3) is 0.714. The van der Waals surface area contributed by atoms with Crippen LogP contribution < -0.4 is 0 Å². The zero-order valence-electron chi connectivity index (χ0n) is 7.48. The van der Waals surface area contributed by atoms with E-state index in [1.54, 1.807) is 0 Å². The second-order valence-corrected chi connectivity index (χ2v) is 2.84. The number of rotatable bonds is 3. The molecule has 0 N–H and O–H groups in total. The Morgan fingerprint density at radius 3 is 2.75 bits per heavy atom. The van der Waals surface area contributed by atoms with Crippen molar-refractivity contribution in [1.29, 1.82) is 0 Å². The quantitative estimate of drug-likeness (QED) is 0.618. The molecule has 0 spiro atoms. The van der Waals surface area contributed by atoms with E-state index < -0.39 is 0 Å².